The fourth-order valence-corrected chi connectivity index (χ4v) is 2.75. The lowest BCUT2D eigenvalue weighted by Crippen LogP contribution is -2.14. The molecule has 0 amide bonds. The minimum atomic E-state index is -0.216. The van der Waals surface area contributed by atoms with Crippen molar-refractivity contribution in [1.29, 1.82) is 0 Å². The van der Waals surface area contributed by atoms with Crippen LogP contribution in [0.25, 0.3) is 0 Å². The van der Waals surface area contributed by atoms with Crippen LogP contribution in [-0.4, -0.2) is 5.24 Å². The first-order valence-electron chi connectivity index (χ1n) is 6.97. The van der Waals surface area contributed by atoms with Crippen molar-refractivity contribution in [2.75, 3.05) is 0 Å². The van der Waals surface area contributed by atoms with E-state index in [9.17, 15) is 4.79 Å². The maximum absolute atomic E-state index is 11.1. The molecule has 0 N–H and O–H groups in total. The van der Waals surface area contributed by atoms with Crippen LogP contribution in [0.2, 0.25) is 0 Å². The Balaban J connectivity index is 0.000000178. The number of hydrogen-bond donors (Lipinski definition) is 0. The first-order chi connectivity index (χ1) is 9.68. The molecule has 2 aromatic carbocycles. The van der Waals surface area contributed by atoms with E-state index >= 15 is 0 Å². The molecule has 0 unspecified atom stereocenters. The predicted octanol–water partition coefficient (Wildman–Crippen LogP) is 4.87. The third kappa shape index (κ3) is 3.94. The summed E-state index contributed by atoms with van der Waals surface area (Å²) < 4.78 is 0. The van der Waals surface area contributed by atoms with Gasteiger partial charge in [0, 0.05) is 0 Å². The maximum atomic E-state index is 11.1. The van der Waals surface area contributed by atoms with Crippen molar-refractivity contribution in [3.63, 3.8) is 0 Å². The highest BCUT2D eigenvalue weighted by Gasteiger charge is 2.24. The average Bonchev–Trinajstić information content (AvgIpc) is 2.48. The molecule has 0 saturated heterocycles. The smallest absolute Gasteiger partial charge is 0.229 e. The fraction of sp³-hybridized carbons (Fsp3) is 0.278. The molecule has 2 heteroatoms. The third-order valence-electron chi connectivity index (χ3n) is 3.58. The van der Waals surface area contributed by atoms with Gasteiger partial charge in [-0.05, 0) is 48.9 Å². The third-order valence-corrected chi connectivity index (χ3v) is 3.85. The van der Waals surface area contributed by atoms with Gasteiger partial charge in [-0.15, -0.1) is 0 Å². The summed E-state index contributed by atoms with van der Waals surface area (Å²) in [5.74, 6) is -0.0633. The Morgan fingerprint density at radius 2 is 1.70 bits per heavy atom. The molecule has 1 aliphatic carbocycles. The predicted molar refractivity (Wildman–Crippen MR) is 84.2 cm³/mol. The zero-order chi connectivity index (χ0) is 14.4. The van der Waals surface area contributed by atoms with Gasteiger partial charge in [0.2, 0.25) is 5.24 Å². The summed E-state index contributed by atoms with van der Waals surface area (Å²) >= 11 is 5.55. The number of benzene rings is 2. The molecule has 0 heterocycles. The topological polar surface area (TPSA) is 17.1 Å². The van der Waals surface area contributed by atoms with Gasteiger partial charge in [-0.2, -0.15) is 0 Å². The second-order valence-electron chi connectivity index (χ2n) is 5.10. The van der Waals surface area contributed by atoms with E-state index in [0.29, 0.717) is 0 Å². The highest BCUT2D eigenvalue weighted by Crippen LogP contribution is 2.32. The Bertz CT molecular complexity index is 563. The zero-order valence-corrected chi connectivity index (χ0v) is 12.4. The molecular weight excluding hydrogens is 268 g/mol. The molecule has 20 heavy (non-hydrogen) atoms. The summed E-state index contributed by atoms with van der Waals surface area (Å²) in [6.07, 6.45) is 3.05. The first-order valence-corrected chi connectivity index (χ1v) is 7.35. The Morgan fingerprint density at radius 3 is 2.30 bits per heavy atom. The Morgan fingerprint density at radius 1 is 1.05 bits per heavy atom. The lowest BCUT2D eigenvalue weighted by Gasteiger charge is -2.21. The first kappa shape index (κ1) is 14.8. The molecule has 0 aliphatic heterocycles. The summed E-state index contributed by atoms with van der Waals surface area (Å²) in [7, 11) is 0. The molecule has 1 nitrogen and oxygen atoms in total. The summed E-state index contributed by atoms with van der Waals surface area (Å²) in [6, 6.07) is 18.3. The van der Waals surface area contributed by atoms with Gasteiger partial charge in [-0.1, -0.05) is 60.2 Å². The second-order valence-corrected chi connectivity index (χ2v) is 5.47. The molecule has 0 saturated carbocycles. The summed E-state index contributed by atoms with van der Waals surface area (Å²) in [4.78, 5) is 11.1. The zero-order valence-electron chi connectivity index (χ0n) is 11.7. The van der Waals surface area contributed by atoms with E-state index < -0.39 is 0 Å². The molecule has 104 valence electrons. The van der Waals surface area contributed by atoms with Crippen LogP contribution in [0.3, 0.4) is 0 Å². The molecule has 1 aliphatic rings. The quantitative estimate of drug-likeness (QED) is 0.684. The summed E-state index contributed by atoms with van der Waals surface area (Å²) in [5.41, 5.74) is 3.74. The monoisotopic (exact) mass is 286 g/mol. The number of carbonyl (C=O) groups is 1. The lowest BCUT2D eigenvalue weighted by atomic mass is 9.84. The molecule has 0 fully saturated rings. The van der Waals surface area contributed by atoms with Gasteiger partial charge in [-0.25, -0.2) is 0 Å². The number of rotatable bonds is 1. The largest absolute Gasteiger partial charge is 0.281 e. The van der Waals surface area contributed by atoms with Crippen LogP contribution in [0, 0.1) is 6.92 Å². The van der Waals surface area contributed by atoms with E-state index in [1.54, 1.807) is 0 Å². The lowest BCUT2D eigenvalue weighted by molar-refractivity contribution is -0.113. The molecule has 3 rings (SSSR count). The van der Waals surface area contributed by atoms with Crippen LogP contribution < -0.4 is 0 Å². The van der Waals surface area contributed by atoms with Crippen molar-refractivity contribution in [2.45, 2.75) is 32.1 Å². The SMILES string of the molecule is Cc1ccccc1.O=C(Cl)[C@H]1CCCc2ccccc21. The molecule has 1 atom stereocenters. The van der Waals surface area contributed by atoms with Gasteiger partial charge >= 0.3 is 0 Å². The van der Waals surface area contributed by atoms with Crippen molar-refractivity contribution in [2.24, 2.45) is 0 Å². The van der Waals surface area contributed by atoms with E-state index in [0.717, 1.165) is 24.8 Å². The molecule has 2 aromatic rings. The van der Waals surface area contributed by atoms with Crippen LogP contribution in [0.5, 0.6) is 0 Å². The van der Waals surface area contributed by atoms with Crippen molar-refractivity contribution in [1.82, 2.24) is 0 Å². The van der Waals surface area contributed by atoms with E-state index in [1.807, 2.05) is 36.4 Å². The normalized spacial score (nSPS) is 16.6. The van der Waals surface area contributed by atoms with Crippen LogP contribution >= 0.6 is 11.6 Å². The van der Waals surface area contributed by atoms with Crippen molar-refractivity contribution < 1.29 is 4.79 Å². The van der Waals surface area contributed by atoms with E-state index in [2.05, 4.69) is 25.1 Å². The minimum Gasteiger partial charge on any atom is -0.281 e. The summed E-state index contributed by atoms with van der Waals surface area (Å²) in [5, 5.41) is -0.216. The number of hydrogen-bond acceptors (Lipinski definition) is 1. The number of fused-ring (bicyclic) bond motifs is 1. The van der Waals surface area contributed by atoms with Gasteiger partial charge in [0.15, 0.2) is 0 Å². The Kier molecular flexibility index (Phi) is 5.37. The van der Waals surface area contributed by atoms with E-state index in [4.69, 9.17) is 11.6 Å². The molecular formula is C18H19ClO. The molecule has 0 radical (unpaired) electrons. The van der Waals surface area contributed by atoms with Crippen LogP contribution in [0.15, 0.2) is 54.6 Å². The molecule has 0 spiro atoms. The van der Waals surface area contributed by atoms with Gasteiger partial charge in [0.05, 0.1) is 5.92 Å². The number of carbonyl (C=O) groups excluding carboxylic acids is 1. The standard InChI is InChI=1S/C11H11ClO.C7H8/c12-11(13)10-7-3-5-8-4-1-2-6-9(8)10;1-7-5-3-2-4-6-7/h1-2,4,6,10H,3,5,7H2;2-6H,1H3/t10-;/m0./s1. The number of aryl methyl sites for hydroxylation is 2. The highest BCUT2D eigenvalue weighted by molar-refractivity contribution is 6.64. The van der Waals surface area contributed by atoms with E-state index in [1.165, 1.54) is 11.1 Å². The van der Waals surface area contributed by atoms with Gasteiger partial charge in [-0.3, -0.25) is 4.79 Å². The minimum absolute atomic E-state index is 0.0633. The van der Waals surface area contributed by atoms with Crippen LogP contribution in [-0.2, 0) is 11.2 Å². The summed E-state index contributed by atoms with van der Waals surface area (Å²) in [6.45, 7) is 2.08. The van der Waals surface area contributed by atoms with Crippen molar-refractivity contribution in [3.05, 3.63) is 71.3 Å². The van der Waals surface area contributed by atoms with Gasteiger partial charge in [0.1, 0.15) is 0 Å². The van der Waals surface area contributed by atoms with Crippen LogP contribution in [0.1, 0.15) is 35.4 Å². The Hall–Kier alpha value is -1.60. The van der Waals surface area contributed by atoms with Crippen LogP contribution in [0.4, 0.5) is 0 Å². The van der Waals surface area contributed by atoms with E-state index in [-0.39, 0.29) is 11.2 Å². The molecule has 0 aromatic heterocycles. The second kappa shape index (κ2) is 7.25. The van der Waals surface area contributed by atoms with Gasteiger partial charge in [0.25, 0.3) is 0 Å². The van der Waals surface area contributed by atoms with Crippen molar-refractivity contribution in [3.8, 4) is 0 Å². The average molecular weight is 287 g/mol. The molecule has 0 bridgehead atoms. The fourth-order valence-electron chi connectivity index (χ4n) is 2.52. The van der Waals surface area contributed by atoms with Crippen molar-refractivity contribution >= 4 is 16.8 Å². The number of halogens is 1. The maximum Gasteiger partial charge on any atom is 0.229 e. The van der Waals surface area contributed by atoms with Gasteiger partial charge < -0.3 is 0 Å². The Labute approximate surface area is 125 Å². The highest BCUT2D eigenvalue weighted by atomic mass is 35.5.